The Bertz CT molecular complexity index is 182. The first-order chi connectivity index (χ1) is 6.22. The van der Waals surface area contributed by atoms with Crippen LogP contribution in [-0.4, -0.2) is 24.6 Å². The van der Waals surface area contributed by atoms with E-state index < -0.39 is 0 Å². The molecule has 0 radical (unpaired) electrons. The van der Waals surface area contributed by atoms with Crippen LogP contribution in [0.5, 0.6) is 0 Å². The summed E-state index contributed by atoms with van der Waals surface area (Å²) >= 11 is 0. The zero-order chi connectivity index (χ0) is 9.68. The zero-order valence-corrected chi connectivity index (χ0v) is 7.69. The van der Waals surface area contributed by atoms with Crippen molar-refractivity contribution in [2.75, 3.05) is 0 Å². The molecule has 74 valence electrons. The van der Waals surface area contributed by atoms with Gasteiger partial charge >= 0.3 is 5.97 Å². The van der Waals surface area contributed by atoms with Gasteiger partial charge in [-0.25, -0.2) is 0 Å². The Hall–Kier alpha value is -1.06. The summed E-state index contributed by atoms with van der Waals surface area (Å²) in [5.41, 5.74) is 0. The molecule has 1 aliphatic rings. The van der Waals surface area contributed by atoms with Crippen molar-refractivity contribution in [3.63, 3.8) is 0 Å². The van der Waals surface area contributed by atoms with Crippen molar-refractivity contribution in [3.8, 4) is 0 Å². The maximum Gasteiger partial charge on any atom is 0.302 e. The zero-order valence-electron chi connectivity index (χ0n) is 7.69. The van der Waals surface area contributed by atoms with Gasteiger partial charge in [0.15, 0.2) is 0 Å². The fraction of sp³-hybridized carbons (Fsp3) is 0.778. The quantitative estimate of drug-likeness (QED) is 0.488. The number of carbonyl (C=O) groups is 2. The summed E-state index contributed by atoms with van der Waals surface area (Å²) in [4.78, 5) is 20.6. The highest BCUT2D eigenvalue weighted by atomic mass is 16.5. The van der Waals surface area contributed by atoms with Crippen LogP contribution in [0.15, 0.2) is 0 Å². The molecule has 0 saturated heterocycles. The van der Waals surface area contributed by atoms with Gasteiger partial charge < -0.3 is 9.47 Å². The van der Waals surface area contributed by atoms with Crippen LogP contribution in [0.1, 0.15) is 32.6 Å². The Kier molecular flexibility index (Phi) is 3.73. The summed E-state index contributed by atoms with van der Waals surface area (Å²) in [5.74, 6) is -0.236. The molecule has 1 fully saturated rings. The molecule has 0 N–H and O–H groups in total. The van der Waals surface area contributed by atoms with E-state index in [4.69, 9.17) is 9.47 Å². The SMILES string of the molecule is CC(=O)OC1CCC(OC=O)CC1. The maximum atomic E-state index is 10.6. The molecule has 1 rings (SSSR count). The number of hydrogen-bond acceptors (Lipinski definition) is 4. The molecule has 0 aromatic heterocycles. The summed E-state index contributed by atoms with van der Waals surface area (Å²) in [6, 6.07) is 0. The lowest BCUT2D eigenvalue weighted by Gasteiger charge is -2.26. The van der Waals surface area contributed by atoms with E-state index in [0.29, 0.717) is 6.47 Å². The smallest absolute Gasteiger partial charge is 0.302 e. The molecular weight excluding hydrogens is 172 g/mol. The van der Waals surface area contributed by atoms with Crippen molar-refractivity contribution in [2.45, 2.75) is 44.8 Å². The van der Waals surface area contributed by atoms with E-state index in [0.717, 1.165) is 25.7 Å². The van der Waals surface area contributed by atoms with Gasteiger partial charge in [0.1, 0.15) is 12.2 Å². The fourth-order valence-electron chi connectivity index (χ4n) is 1.60. The second-order valence-electron chi connectivity index (χ2n) is 3.24. The van der Waals surface area contributed by atoms with E-state index in [9.17, 15) is 9.59 Å². The van der Waals surface area contributed by atoms with Crippen molar-refractivity contribution in [3.05, 3.63) is 0 Å². The van der Waals surface area contributed by atoms with Crippen LogP contribution in [0.4, 0.5) is 0 Å². The van der Waals surface area contributed by atoms with Gasteiger partial charge in [-0.3, -0.25) is 9.59 Å². The molecule has 0 unspecified atom stereocenters. The molecule has 0 aromatic carbocycles. The van der Waals surface area contributed by atoms with E-state index in [1.807, 2.05) is 0 Å². The van der Waals surface area contributed by atoms with Crippen molar-refractivity contribution in [1.29, 1.82) is 0 Å². The first-order valence-electron chi connectivity index (χ1n) is 4.48. The van der Waals surface area contributed by atoms with E-state index in [1.165, 1.54) is 6.92 Å². The highest BCUT2D eigenvalue weighted by Crippen LogP contribution is 2.22. The number of rotatable bonds is 3. The number of esters is 1. The van der Waals surface area contributed by atoms with Gasteiger partial charge in [-0.05, 0) is 25.7 Å². The van der Waals surface area contributed by atoms with Crippen LogP contribution in [0.2, 0.25) is 0 Å². The number of carbonyl (C=O) groups excluding carboxylic acids is 2. The van der Waals surface area contributed by atoms with E-state index in [2.05, 4.69) is 0 Å². The lowest BCUT2D eigenvalue weighted by molar-refractivity contribution is -0.151. The minimum atomic E-state index is -0.236. The molecule has 1 aliphatic carbocycles. The summed E-state index contributed by atoms with van der Waals surface area (Å²) in [5, 5.41) is 0. The maximum absolute atomic E-state index is 10.6. The normalized spacial score (nSPS) is 27.8. The van der Waals surface area contributed by atoms with Gasteiger partial charge in [0.2, 0.25) is 0 Å². The average Bonchev–Trinajstić information content (AvgIpc) is 2.08. The molecule has 0 aromatic rings. The highest BCUT2D eigenvalue weighted by molar-refractivity contribution is 5.66. The van der Waals surface area contributed by atoms with Gasteiger partial charge in [-0.1, -0.05) is 0 Å². The van der Waals surface area contributed by atoms with E-state index >= 15 is 0 Å². The fourth-order valence-corrected chi connectivity index (χ4v) is 1.60. The molecule has 0 heterocycles. The molecule has 0 aliphatic heterocycles. The molecule has 0 bridgehead atoms. The third-order valence-corrected chi connectivity index (χ3v) is 2.20. The Morgan fingerprint density at radius 3 is 2.23 bits per heavy atom. The van der Waals surface area contributed by atoms with Crippen LogP contribution in [0.3, 0.4) is 0 Å². The van der Waals surface area contributed by atoms with Gasteiger partial charge in [0.25, 0.3) is 6.47 Å². The van der Waals surface area contributed by atoms with Gasteiger partial charge in [0.05, 0.1) is 0 Å². The van der Waals surface area contributed by atoms with Crippen LogP contribution < -0.4 is 0 Å². The summed E-state index contributed by atoms with van der Waals surface area (Å²) in [6.45, 7) is 1.89. The van der Waals surface area contributed by atoms with Crippen LogP contribution in [0.25, 0.3) is 0 Å². The second kappa shape index (κ2) is 4.84. The standard InChI is InChI=1S/C9H14O4/c1-7(11)13-9-4-2-8(3-5-9)12-6-10/h6,8-9H,2-5H2,1H3. The summed E-state index contributed by atoms with van der Waals surface area (Å²) in [7, 11) is 0. The topological polar surface area (TPSA) is 52.6 Å². The average molecular weight is 186 g/mol. The van der Waals surface area contributed by atoms with Crippen LogP contribution >= 0.6 is 0 Å². The molecule has 0 atom stereocenters. The Balaban J connectivity index is 2.22. The van der Waals surface area contributed by atoms with Crippen molar-refractivity contribution < 1.29 is 19.1 Å². The third kappa shape index (κ3) is 3.44. The molecule has 4 heteroatoms. The number of hydrogen-bond donors (Lipinski definition) is 0. The first kappa shape index (κ1) is 10.0. The largest absolute Gasteiger partial charge is 0.465 e. The molecule has 4 nitrogen and oxygen atoms in total. The summed E-state index contributed by atoms with van der Waals surface area (Å²) in [6.07, 6.45) is 3.19. The Labute approximate surface area is 77.2 Å². The predicted molar refractivity (Wildman–Crippen MR) is 45.0 cm³/mol. The van der Waals surface area contributed by atoms with E-state index in [-0.39, 0.29) is 18.2 Å². The predicted octanol–water partition coefficient (Wildman–Crippen LogP) is 1.03. The monoisotopic (exact) mass is 186 g/mol. The minimum Gasteiger partial charge on any atom is -0.465 e. The van der Waals surface area contributed by atoms with Gasteiger partial charge in [-0.15, -0.1) is 0 Å². The van der Waals surface area contributed by atoms with Crippen molar-refractivity contribution in [1.82, 2.24) is 0 Å². The Morgan fingerprint density at radius 1 is 1.23 bits per heavy atom. The molecule has 1 saturated carbocycles. The highest BCUT2D eigenvalue weighted by Gasteiger charge is 2.23. The van der Waals surface area contributed by atoms with E-state index in [1.54, 1.807) is 0 Å². The molecule has 0 amide bonds. The van der Waals surface area contributed by atoms with Crippen molar-refractivity contribution >= 4 is 12.4 Å². The first-order valence-corrected chi connectivity index (χ1v) is 4.48. The molecule has 0 spiro atoms. The lowest BCUT2D eigenvalue weighted by Crippen LogP contribution is -2.27. The third-order valence-electron chi connectivity index (χ3n) is 2.20. The van der Waals surface area contributed by atoms with Gasteiger partial charge in [-0.2, -0.15) is 0 Å². The molecular formula is C9H14O4. The van der Waals surface area contributed by atoms with Gasteiger partial charge in [0, 0.05) is 6.92 Å². The van der Waals surface area contributed by atoms with Crippen LogP contribution in [-0.2, 0) is 19.1 Å². The summed E-state index contributed by atoms with van der Waals surface area (Å²) < 4.78 is 9.85. The van der Waals surface area contributed by atoms with Crippen LogP contribution in [0, 0.1) is 0 Å². The second-order valence-corrected chi connectivity index (χ2v) is 3.24. The minimum absolute atomic E-state index is 0.0176. The van der Waals surface area contributed by atoms with Crippen molar-refractivity contribution in [2.24, 2.45) is 0 Å². The Morgan fingerprint density at radius 2 is 1.77 bits per heavy atom. The number of ether oxygens (including phenoxy) is 2. The lowest BCUT2D eigenvalue weighted by atomic mass is 9.95. The molecule has 13 heavy (non-hydrogen) atoms.